The first-order valence-corrected chi connectivity index (χ1v) is 6.43. The van der Waals surface area contributed by atoms with Crippen LogP contribution in [-0.4, -0.2) is 31.7 Å². The molecule has 0 unspecified atom stereocenters. The molecular weight excluding hydrogens is 246 g/mol. The monoisotopic (exact) mass is 265 g/mol. The Labute approximate surface area is 112 Å². The normalized spacial score (nSPS) is 16.4. The highest BCUT2D eigenvalue weighted by molar-refractivity contribution is 5.66. The van der Waals surface area contributed by atoms with Gasteiger partial charge in [0.1, 0.15) is 11.4 Å². The summed E-state index contributed by atoms with van der Waals surface area (Å²) in [5, 5.41) is 11.1. The summed E-state index contributed by atoms with van der Waals surface area (Å²) in [6.45, 7) is 2.29. The first kappa shape index (κ1) is 13.6. The summed E-state index contributed by atoms with van der Waals surface area (Å²) < 4.78 is 5.15. The lowest BCUT2D eigenvalue weighted by Gasteiger charge is -2.32. The molecule has 0 bridgehead atoms. The molecular formula is C13H19N3O3. The fourth-order valence-corrected chi connectivity index (χ4v) is 2.45. The van der Waals surface area contributed by atoms with Crippen molar-refractivity contribution in [2.45, 2.75) is 12.8 Å². The van der Waals surface area contributed by atoms with Crippen LogP contribution in [0.2, 0.25) is 0 Å². The minimum absolute atomic E-state index is 0.131. The maximum atomic E-state index is 11.1. The highest BCUT2D eigenvalue weighted by Crippen LogP contribution is 2.34. The van der Waals surface area contributed by atoms with Crippen LogP contribution in [0.5, 0.6) is 5.75 Å². The number of ether oxygens (including phenoxy) is 1. The van der Waals surface area contributed by atoms with Crippen molar-refractivity contribution in [2.24, 2.45) is 11.7 Å². The van der Waals surface area contributed by atoms with E-state index >= 15 is 0 Å². The van der Waals surface area contributed by atoms with Crippen LogP contribution in [0.15, 0.2) is 18.2 Å². The lowest BCUT2D eigenvalue weighted by molar-refractivity contribution is -0.384. The summed E-state index contributed by atoms with van der Waals surface area (Å²) in [4.78, 5) is 12.8. The number of nitrogens with two attached hydrogens (primary N) is 1. The average Bonchev–Trinajstić information content (AvgIpc) is 2.46. The maximum absolute atomic E-state index is 11.1. The van der Waals surface area contributed by atoms with Gasteiger partial charge in [-0.15, -0.1) is 0 Å². The van der Waals surface area contributed by atoms with Gasteiger partial charge in [-0.2, -0.15) is 0 Å². The fraction of sp³-hybridized carbons (Fsp3) is 0.538. The molecule has 1 fully saturated rings. The molecule has 1 aliphatic heterocycles. The van der Waals surface area contributed by atoms with E-state index in [9.17, 15) is 10.1 Å². The Bertz CT molecular complexity index is 456. The molecule has 0 spiro atoms. The number of methoxy groups -OCH3 is 1. The number of nitro groups is 1. The number of piperidine rings is 1. The lowest BCUT2D eigenvalue weighted by atomic mass is 9.96. The summed E-state index contributed by atoms with van der Waals surface area (Å²) in [5.74, 6) is 1.17. The van der Waals surface area contributed by atoms with E-state index in [0.717, 1.165) is 25.9 Å². The number of hydrogen-bond acceptors (Lipinski definition) is 5. The van der Waals surface area contributed by atoms with Crippen molar-refractivity contribution in [2.75, 3.05) is 31.6 Å². The molecule has 0 amide bonds. The second-order valence-electron chi connectivity index (χ2n) is 4.78. The van der Waals surface area contributed by atoms with Gasteiger partial charge in [-0.25, -0.2) is 0 Å². The van der Waals surface area contributed by atoms with Crippen molar-refractivity contribution in [3.05, 3.63) is 28.3 Å². The standard InChI is InChI=1S/C13H19N3O3/c1-19-11-2-3-12(16(17)18)13(8-11)15-6-4-10(9-14)5-7-15/h2-3,8,10H,4-7,9,14H2,1H3. The average molecular weight is 265 g/mol. The second kappa shape index (κ2) is 5.88. The number of hydrogen-bond donors (Lipinski definition) is 1. The first-order chi connectivity index (χ1) is 9.15. The van der Waals surface area contributed by atoms with Crippen LogP contribution >= 0.6 is 0 Å². The Balaban J connectivity index is 2.24. The number of benzene rings is 1. The summed E-state index contributed by atoms with van der Waals surface area (Å²) in [6.07, 6.45) is 1.95. The third kappa shape index (κ3) is 2.96. The molecule has 1 saturated heterocycles. The van der Waals surface area contributed by atoms with Gasteiger partial charge in [0.2, 0.25) is 0 Å². The molecule has 1 aromatic carbocycles. The molecule has 0 aliphatic carbocycles. The van der Waals surface area contributed by atoms with Crippen molar-refractivity contribution in [3.63, 3.8) is 0 Å². The molecule has 0 atom stereocenters. The van der Waals surface area contributed by atoms with Gasteiger partial charge in [0.05, 0.1) is 12.0 Å². The highest BCUT2D eigenvalue weighted by Gasteiger charge is 2.24. The zero-order valence-corrected chi connectivity index (χ0v) is 11.0. The Morgan fingerprint density at radius 1 is 1.47 bits per heavy atom. The molecule has 6 nitrogen and oxygen atoms in total. The summed E-state index contributed by atoms with van der Waals surface area (Å²) in [5.41, 5.74) is 6.43. The van der Waals surface area contributed by atoms with E-state index in [2.05, 4.69) is 0 Å². The van der Waals surface area contributed by atoms with Gasteiger partial charge < -0.3 is 15.4 Å². The third-order valence-electron chi connectivity index (χ3n) is 3.67. The van der Waals surface area contributed by atoms with Crippen LogP contribution in [-0.2, 0) is 0 Å². The topological polar surface area (TPSA) is 81.6 Å². The summed E-state index contributed by atoms with van der Waals surface area (Å²) in [7, 11) is 1.56. The van der Waals surface area contributed by atoms with Crippen molar-refractivity contribution < 1.29 is 9.66 Å². The quantitative estimate of drug-likeness (QED) is 0.663. The molecule has 0 saturated carbocycles. The molecule has 1 aromatic rings. The van der Waals surface area contributed by atoms with Crippen molar-refractivity contribution in [1.82, 2.24) is 0 Å². The molecule has 1 aliphatic rings. The predicted octanol–water partition coefficient (Wildman–Crippen LogP) is 1.78. The van der Waals surface area contributed by atoms with Crippen molar-refractivity contribution >= 4 is 11.4 Å². The van der Waals surface area contributed by atoms with E-state index in [1.807, 2.05) is 4.90 Å². The van der Waals surface area contributed by atoms with Crippen LogP contribution in [0.4, 0.5) is 11.4 Å². The fourth-order valence-electron chi connectivity index (χ4n) is 2.45. The Hall–Kier alpha value is -1.82. The molecule has 2 N–H and O–H groups in total. The van der Waals surface area contributed by atoms with Gasteiger partial charge in [0.25, 0.3) is 5.69 Å². The molecule has 1 heterocycles. The van der Waals surface area contributed by atoms with Gasteiger partial charge in [0.15, 0.2) is 0 Å². The van der Waals surface area contributed by atoms with Crippen LogP contribution < -0.4 is 15.4 Å². The minimum atomic E-state index is -0.343. The smallest absolute Gasteiger partial charge is 0.292 e. The minimum Gasteiger partial charge on any atom is -0.497 e. The van der Waals surface area contributed by atoms with E-state index in [0.29, 0.717) is 23.9 Å². The number of nitro benzene ring substituents is 1. The molecule has 6 heteroatoms. The zero-order chi connectivity index (χ0) is 13.8. The van der Waals surface area contributed by atoms with E-state index in [1.54, 1.807) is 19.2 Å². The largest absolute Gasteiger partial charge is 0.497 e. The van der Waals surface area contributed by atoms with Gasteiger partial charge in [-0.3, -0.25) is 10.1 Å². The Kier molecular flexibility index (Phi) is 4.21. The Morgan fingerprint density at radius 2 is 2.16 bits per heavy atom. The lowest BCUT2D eigenvalue weighted by Crippen LogP contribution is -2.36. The molecule has 2 rings (SSSR count). The van der Waals surface area contributed by atoms with E-state index in [4.69, 9.17) is 10.5 Å². The highest BCUT2D eigenvalue weighted by atomic mass is 16.6. The molecule has 19 heavy (non-hydrogen) atoms. The first-order valence-electron chi connectivity index (χ1n) is 6.43. The van der Waals surface area contributed by atoms with Crippen LogP contribution in [0.3, 0.4) is 0 Å². The zero-order valence-electron chi connectivity index (χ0n) is 11.0. The van der Waals surface area contributed by atoms with Gasteiger partial charge >= 0.3 is 0 Å². The van der Waals surface area contributed by atoms with Gasteiger partial charge in [-0.05, 0) is 31.4 Å². The van der Waals surface area contributed by atoms with Crippen LogP contribution in [0.1, 0.15) is 12.8 Å². The van der Waals surface area contributed by atoms with E-state index in [1.165, 1.54) is 6.07 Å². The van der Waals surface area contributed by atoms with E-state index < -0.39 is 0 Å². The SMILES string of the molecule is COc1ccc([N+](=O)[O-])c(N2CCC(CN)CC2)c1. The number of rotatable bonds is 4. The van der Waals surface area contributed by atoms with Crippen LogP contribution in [0, 0.1) is 16.0 Å². The second-order valence-corrected chi connectivity index (χ2v) is 4.78. The molecule has 0 aromatic heterocycles. The number of nitrogens with zero attached hydrogens (tertiary/aromatic N) is 2. The van der Waals surface area contributed by atoms with Crippen molar-refractivity contribution in [3.8, 4) is 5.75 Å². The third-order valence-corrected chi connectivity index (χ3v) is 3.67. The van der Waals surface area contributed by atoms with Gasteiger partial charge in [0, 0.05) is 25.2 Å². The molecule has 104 valence electrons. The molecule has 0 radical (unpaired) electrons. The predicted molar refractivity (Wildman–Crippen MR) is 73.6 cm³/mol. The Morgan fingerprint density at radius 3 is 2.68 bits per heavy atom. The van der Waals surface area contributed by atoms with E-state index in [-0.39, 0.29) is 10.6 Å². The summed E-state index contributed by atoms with van der Waals surface area (Å²) in [6, 6.07) is 4.86. The van der Waals surface area contributed by atoms with Gasteiger partial charge in [-0.1, -0.05) is 0 Å². The van der Waals surface area contributed by atoms with Crippen LogP contribution in [0.25, 0.3) is 0 Å². The summed E-state index contributed by atoms with van der Waals surface area (Å²) >= 11 is 0. The maximum Gasteiger partial charge on any atom is 0.292 e. The number of anilines is 1. The van der Waals surface area contributed by atoms with Crippen molar-refractivity contribution in [1.29, 1.82) is 0 Å².